The van der Waals surface area contributed by atoms with Crippen molar-refractivity contribution in [1.82, 2.24) is 15.5 Å². The molecular formula is C33H45N5O7. The Bertz CT molecular complexity index is 1330. The third-order valence-corrected chi connectivity index (χ3v) is 7.70. The van der Waals surface area contributed by atoms with E-state index in [1.165, 1.54) is 0 Å². The van der Waals surface area contributed by atoms with Crippen molar-refractivity contribution < 1.29 is 34.2 Å². The highest BCUT2D eigenvalue weighted by Gasteiger charge is 2.36. The molecule has 1 saturated heterocycles. The van der Waals surface area contributed by atoms with E-state index in [2.05, 4.69) is 21.3 Å². The van der Waals surface area contributed by atoms with Gasteiger partial charge in [0.1, 0.15) is 12.1 Å². The zero-order chi connectivity index (χ0) is 33.1. The number of para-hydroxylation sites is 1. The molecule has 0 saturated carbocycles. The van der Waals surface area contributed by atoms with Crippen LogP contribution in [0.2, 0.25) is 0 Å². The van der Waals surface area contributed by atoms with Crippen LogP contribution in [0.4, 0.5) is 16.2 Å². The Morgan fingerprint density at radius 1 is 0.822 bits per heavy atom. The topological polar surface area (TPSA) is 177 Å². The fourth-order valence-corrected chi connectivity index (χ4v) is 5.41. The highest BCUT2D eigenvalue weighted by Crippen LogP contribution is 2.31. The van der Waals surface area contributed by atoms with Crippen molar-refractivity contribution in [1.29, 1.82) is 0 Å². The molecule has 6 N–H and O–H groups in total. The van der Waals surface area contributed by atoms with E-state index in [0.717, 1.165) is 5.56 Å². The maximum atomic E-state index is 13.1. The van der Waals surface area contributed by atoms with Gasteiger partial charge in [-0.05, 0) is 67.5 Å². The molecule has 4 unspecified atom stereocenters. The average Bonchev–Trinajstić information content (AvgIpc) is 3.35. The van der Waals surface area contributed by atoms with Gasteiger partial charge < -0.3 is 31.5 Å². The molecule has 0 radical (unpaired) electrons. The van der Waals surface area contributed by atoms with Gasteiger partial charge >= 0.3 is 18.0 Å². The molecule has 2 aromatic carbocycles. The Hall–Kier alpha value is -4.45. The van der Waals surface area contributed by atoms with Crippen LogP contribution in [-0.2, 0) is 19.2 Å². The van der Waals surface area contributed by atoms with E-state index in [0.29, 0.717) is 37.2 Å². The highest BCUT2D eigenvalue weighted by atomic mass is 16.4. The normalized spacial score (nSPS) is 18.0. The third-order valence-electron chi connectivity index (χ3n) is 7.70. The number of unbranched alkanes of at least 4 members (excludes halogenated alkanes) is 1. The molecule has 4 atom stereocenters. The van der Waals surface area contributed by atoms with Gasteiger partial charge in [0.05, 0.1) is 6.04 Å². The Kier molecular flexibility index (Phi) is 12.5. The van der Waals surface area contributed by atoms with E-state index < -0.39 is 30.1 Å². The molecular weight excluding hydrogens is 578 g/mol. The Balaban J connectivity index is 1.47. The molecule has 3 rings (SSSR count). The first-order valence-corrected chi connectivity index (χ1v) is 15.2. The molecule has 12 nitrogen and oxygen atoms in total. The number of carbonyl (C=O) groups excluding carboxylic acids is 3. The first kappa shape index (κ1) is 35.0. The Morgan fingerprint density at radius 3 is 1.89 bits per heavy atom. The molecule has 2 aromatic rings. The number of aliphatic carboxylic acids is 2. The summed E-state index contributed by atoms with van der Waals surface area (Å²) in [6.45, 7) is 6.27. The smallest absolute Gasteiger partial charge is 0.326 e. The number of hydrogen-bond donors (Lipinski definition) is 6. The number of rotatable bonds is 14. The van der Waals surface area contributed by atoms with Crippen LogP contribution in [0.15, 0.2) is 54.6 Å². The maximum absolute atomic E-state index is 13.1. The molecule has 0 aliphatic carbocycles. The molecule has 1 heterocycles. The monoisotopic (exact) mass is 623 g/mol. The van der Waals surface area contributed by atoms with Gasteiger partial charge in [0.25, 0.3) is 0 Å². The second-order valence-electron chi connectivity index (χ2n) is 12.8. The zero-order valence-electron chi connectivity index (χ0n) is 26.3. The molecule has 244 valence electrons. The molecule has 0 aromatic heterocycles. The molecule has 0 bridgehead atoms. The molecule has 1 aliphatic heterocycles. The molecule has 45 heavy (non-hydrogen) atoms. The van der Waals surface area contributed by atoms with E-state index >= 15 is 0 Å². The minimum Gasteiger partial charge on any atom is -0.480 e. The van der Waals surface area contributed by atoms with Crippen molar-refractivity contribution in [2.45, 2.75) is 83.3 Å². The lowest BCUT2D eigenvalue weighted by Gasteiger charge is -2.22. The van der Waals surface area contributed by atoms with Crippen LogP contribution < -0.4 is 21.3 Å². The second kappa shape index (κ2) is 16.0. The van der Waals surface area contributed by atoms with Crippen molar-refractivity contribution in [3.05, 3.63) is 60.2 Å². The summed E-state index contributed by atoms with van der Waals surface area (Å²) in [6.07, 6.45) is 1.72. The van der Waals surface area contributed by atoms with E-state index in [1.54, 1.807) is 24.3 Å². The van der Waals surface area contributed by atoms with Gasteiger partial charge in [-0.25, -0.2) is 14.4 Å². The number of amides is 4. The summed E-state index contributed by atoms with van der Waals surface area (Å²) in [7, 11) is 1.82. The van der Waals surface area contributed by atoms with Crippen LogP contribution in [0.3, 0.4) is 0 Å². The van der Waals surface area contributed by atoms with Crippen LogP contribution in [0.1, 0.15) is 70.8 Å². The number of anilines is 2. The van der Waals surface area contributed by atoms with Crippen molar-refractivity contribution >= 4 is 41.2 Å². The summed E-state index contributed by atoms with van der Waals surface area (Å²) in [6, 6.07) is 13.5. The summed E-state index contributed by atoms with van der Waals surface area (Å²) in [5.41, 5.74) is 2.03. The quantitative estimate of drug-likeness (QED) is 0.169. The Morgan fingerprint density at radius 2 is 1.36 bits per heavy atom. The number of carboxylic acid groups (broad SMARTS) is 2. The summed E-state index contributed by atoms with van der Waals surface area (Å²) >= 11 is 0. The van der Waals surface area contributed by atoms with E-state index in [-0.39, 0.29) is 48.4 Å². The lowest BCUT2D eigenvalue weighted by atomic mass is 9.91. The summed E-state index contributed by atoms with van der Waals surface area (Å²) in [5.74, 6) is -2.97. The molecule has 1 aliphatic rings. The number of likely N-dealkylation sites (tertiary alicyclic amines) is 1. The predicted octanol–water partition coefficient (Wildman–Crippen LogP) is 4.25. The van der Waals surface area contributed by atoms with E-state index in [4.69, 9.17) is 0 Å². The SMILES string of the molecule is CN1CC(c2ccc(NC(=O)Nc3ccccc3)cc2)CC1C(=O)NC(CCCCC(NC(=O)CC(C)(C)C)C(=O)O)C(=O)O. The largest absolute Gasteiger partial charge is 0.480 e. The minimum absolute atomic E-state index is 0.0441. The summed E-state index contributed by atoms with van der Waals surface area (Å²) in [4.78, 5) is 63.1. The number of benzene rings is 2. The van der Waals surface area contributed by atoms with E-state index in [9.17, 15) is 34.2 Å². The minimum atomic E-state index is -1.16. The number of nitrogens with one attached hydrogen (secondary N) is 4. The molecule has 1 fully saturated rings. The van der Waals surface area contributed by atoms with Crippen LogP contribution >= 0.6 is 0 Å². The van der Waals surface area contributed by atoms with E-state index in [1.807, 2.05) is 63.1 Å². The average molecular weight is 624 g/mol. The van der Waals surface area contributed by atoms with Crippen molar-refractivity contribution in [2.24, 2.45) is 5.41 Å². The maximum Gasteiger partial charge on any atom is 0.326 e. The van der Waals surface area contributed by atoms with Gasteiger partial charge in [0.15, 0.2) is 0 Å². The van der Waals surface area contributed by atoms with Crippen LogP contribution in [0.25, 0.3) is 0 Å². The number of urea groups is 1. The predicted molar refractivity (Wildman–Crippen MR) is 171 cm³/mol. The lowest BCUT2D eigenvalue weighted by Crippen LogP contribution is -2.48. The van der Waals surface area contributed by atoms with Crippen molar-refractivity contribution in [2.75, 3.05) is 24.2 Å². The van der Waals surface area contributed by atoms with Gasteiger partial charge in [-0.1, -0.05) is 63.9 Å². The number of carboxylic acids is 2. The second-order valence-corrected chi connectivity index (χ2v) is 12.8. The number of nitrogens with zero attached hydrogens (tertiary/aromatic N) is 1. The number of likely N-dealkylation sites (N-methyl/N-ethyl adjacent to an activating group) is 1. The molecule has 4 amide bonds. The fraction of sp³-hybridized carbons (Fsp3) is 0.485. The molecule has 0 spiro atoms. The first-order chi connectivity index (χ1) is 21.2. The van der Waals surface area contributed by atoms with Crippen LogP contribution in [0.5, 0.6) is 0 Å². The van der Waals surface area contributed by atoms with Gasteiger partial charge in [-0.2, -0.15) is 0 Å². The van der Waals surface area contributed by atoms with Gasteiger partial charge in [0.2, 0.25) is 11.8 Å². The first-order valence-electron chi connectivity index (χ1n) is 15.2. The van der Waals surface area contributed by atoms with Crippen molar-refractivity contribution in [3.63, 3.8) is 0 Å². The summed E-state index contributed by atoms with van der Waals surface area (Å²) in [5, 5.41) is 30.0. The van der Waals surface area contributed by atoms with Crippen LogP contribution in [0, 0.1) is 5.41 Å². The van der Waals surface area contributed by atoms with Crippen LogP contribution in [-0.4, -0.2) is 76.6 Å². The van der Waals surface area contributed by atoms with Gasteiger partial charge in [0, 0.05) is 24.3 Å². The fourth-order valence-electron chi connectivity index (χ4n) is 5.41. The highest BCUT2D eigenvalue weighted by molar-refractivity contribution is 5.99. The summed E-state index contributed by atoms with van der Waals surface area (Å²) < 4.78 is 0. The lowest BCUT2D eigenvalue weighted by molar-refractivity contribution is -0.143. The molecule has 12 heteroatoms. The standard InChI is InChI=1S/C33H45N5O7/c1-33(2,3)19-28(39)36-25(30(41)42)12-8-9-13-26(31(43)44)37-29(40)27-18-22(20-38(27)4)21-14-16-24(17-15-21)35-32(45)34-23-10-6-5-7-11-23/h5-7,10-11,14-17,22,25-27H,8-9,12-13,18-20H2,1-4H3,(H,36,39)(H,37,40)(H,41,42)(H,43,44)(H2,34,35,45). The third kappa shape index (κ3) is 11.5. The Labute approximate surface area is 264 Å². The van der Waals surface area contributed by atoms with Gasteiger partial charge in [-0.3, -0.25) is 14.5 Å². The number of hydrogen-bond acceptors (Lipinski definition) is 6. The van der Waals surface area contributed by atoms with Crippen molar-refractivity contribution in [3.8, 4) is 0 Å². The number of carbonyl (C=O) groups is 5. The zero-order valence-corrected chi connectivity index (χ0v) is 26.3. The van der Waals surface area contributed by atoms with Gasteiger partial charge in [-0.15, -0.1) is 0 Å².